The number of rotatable bonds is 12. The Kier molecular flexibility index (Phi) is 11.6. The molecule has 6 N–H and O–H groups in total. The number of amides is 3. The number of hydrogen-bond donors (Lipinski definition) is 6. The molecular weight excluding hydrogens is 609 g/mol. The van der Waals surface area contributed by atoms with E-state index < -0.39 is 38.4 Å². The molecule has 3 rings (SSSR count). The molecule has 1 aromatic heterocycles. The van der Waals surface area contributed by atoms with Crippen molar-refractivity contribution in [2.75, 3.05) is 24.8 Å². The predicted octanol–water partition coefficient (Wildman–Crippen LogP) is 3.78. The molecule has 0 spiro atoms. The minimum Gasteiger partial charge on any atom is -0.424 e. The van der Waals surface area contributed by atoms with Crippen molar-refractivity contribution in [1.82, 2.24) is 15.6 Å². The van der Waals surface area contributed by atoms with Gasteiger partial charge in [-0.15, -0.1) is 0 Å². The average molecular weight is 644 g/mol. The van der Waals surface area contributed by atoms with Gasteiger partial charge >= 0.3 is 19.9 Å². The maximum absolute atomic E-state index is 13.5. The second-order valence-corrected chi connectivity index (χ2v) is 10.7. The second kappa shape index (κ2) is 15.1. The Morgan fingerprint density at radius 2 is 1.62 bits per heavy atom. The zero-order chi connectivity index (χ0) is 33.3. The topological polar surface area (TPSA) is 220 Å². The normalized spacial score (nSPS) is 10.9. The van der Waals surface area contributed by atoms with Crippen LogP contribution in [-0.2, 0) is 14.0 Å². The molecule has 0 unspecified atom stereocenters. The molecule has 0 aliphatic rings. The summed E-state index contributed by atoms with van der Waals surface area (Å²) in [7, 11) is -4.79. The minimum absolute atomic E-state index is 0.0323. The van der Waals surface area contributed by atoms with Crippen molar-refractivity contribution in [1.29, 1.82) is 5.41 Å². The number of nitrogens with zero attached hydrogens (tertiary/aromatic N) is 1. The van der Waals surface area contributed by atoms with Crippen molar-refractivity contribution in [2.45, 2.75) is 34.1 Å². The molecule has 0 fully saturated rings. The van der Waals surface area contributed by atoms with Crippen molar-refractivity contribution in [2.24, 2.45) is 0 Å². The number of phosphoric acid groups is 1. The van der Waals surface area contributed by atoms with Gasteiger partial charge in [0.15, 0.2) is 5.84 Å². The number of carbonyl (C=O) groups excluding carboxylic acids is 4. The van der Waals surface area contributed by atoms with Crippen LogP contribution in [0.3, 0.4) is 0 Å². The number of aromatic amines is 1. The predicted molar refractivity (Wildman–Crippen MR) is 163 cm³/mol. The Balaban J connectivity index is 1.87. The zero-order valence-electron chi connectivity index (χ0n) is 25.0. The van der Waals surface area contributed by atoms with Crippen molar-refractivity contribution in [3.63, 3.8) is 0 Å². The van der Waals surface area contributed by atoms with Crippen LogP contribution in [0.2, 0.25) is 0 Å². The molecule has 0 saturated heterocycles. The first kappa shape index (κ1) is 34.5. The van der Waals surface area contributed by atoms with Gasteiger partial charge in [-0.3, -0.25) is 24.8 Å². The van der Waals surface area contributed by atoms with E-state index in [1.165, 1.54) is 24.4 Å². The van der Waals surface area contributed by atoms with Crippen LogP contribution < -0.4 is 20.1 Å². The average Bonchev–Trinajstić information content (AvgIpc) is 3.37. The smallest absolute Gasteiger partial charge is 0.424 e. The van der Waals surface area contributed by atoms with E-state index in [4.69, 9.17) is 24.7 Å². The summed E-state index contributed by atoms with van der Waals surface area (Å²) in [5.41, 5.74) is 1.61. The summed E-state index contributed by atoms with van der Waals surface area (Å²) in [5, 5.41) is 14.4. The van der Waals surface area contributed by atoms with Crippen LogP contribution in [-0.4, -0.2) is 64.4 Å². The van der Waals surface area contributed by atoms with Crippen LogP contribution in [0.25, 0.3) is 0 Å². The van der Waals surface area contributed by atoms with Crippen LogP contribution in [0, 0.1) is 19.3 Å². The van der Waals surface area contributed by atoms with E-state index in [2.05, 4.69) is 20.1 Å². The van der Waals surface area contributed by atoms with Crippen LogP contribution in [0.1, 0.15) is 68.2 Å². The molecule has 2 aromatic carbocycles. The molecule has 0 aliphatic carbocycles. The first-order chi connectivity index (χ1) is 21.3. The highest BCUT2D eigenvalue weighted by molar-refractivity contribution is 7.46. The molecule has 240 valence electrons. The molecule has 0 aliphatic heterocycles. The molecule has 3 aromatic rings. The highest BCUT2D eigenvalue weighted by atomic mass is 31.2. The first-order valence-electron chi connectivity index (χ1n) is 13.7. The summed E-state index contributed by atoms with van der Waals surface area (Å²) in [6.45, 7) is 6.87. The van der Waals surface area contributed by atoms with Gasteiger partial charge in [-0.25, -0.2) is 19.1 Å². The van der Waals surface area contributed by atoms with Crippen LogP contribution in [0.4, 0.5) is 10.5 Å². The van der Waals surface area contributed by atoms with Crippen molar-refractivity contribution >= 4 is 43.2 Å². The fourth-order valence-corrected chi connectivity index (χ4v) is 4.45. The number of esters is 1. The lowest BCUT2D eigenvalue weighted by atomic mass is 10.1. The Hall–Kier alpha value is -4.98. The van der Waals surface area contributed by atoms with Crippen LogP contribution >= 0.6 is 7.82 Å². The largest absolute Gasteiger partial charge is 0.524 e. The number of aryl methyl sites for hydroxylation is 1. The van der Waals surface area contributed by atoms with Crippen LogP contribution in [0.5, 0.6) is 5.75 Å². The molecule has 3 amide bonds. The fraction of sp³-hybridized carbons (Fsp3) is 0.276. The van der Waals surface area contributed by atoms with Gasteiger partial charge in [0.1, 0.15) is 5.75 Å². The van der Waals surface area contributed by atoms with Crippen LogP contribution in [0.15, 0.2) is 48.7 Å². The number of nitrogens with one attached hydrogen (secondary N) is 4. The number of H-pyrrole nitrogens is 1. The fourth-order valence-electron chi connectivity index (χ4n) is 4.06. The number of ether oxygens (including phenoxy) is 2. The van der Waals surface area contributed by atoms with Gasteiger partial charge in [-0.2, -0.15) is 0 Å². The van der Waals surface area contributed by atoms with E-state index in [9.17, 15) is 23.7 Å². The second-order valence-electron chi connectivity index (χ2n) is 9.57. The summed E-state index contributed by atoms with van der Waals surface area (Å²) in [6.07, 6.45) is 1.02. The van der Waals surface area contributed by atoms with Crippen molar-refractivity contribution in [3.8, 4) is 5.75 Å². The summed E-state index contributed by atoms with van der Waals surface area (Å²) >= 11 is 0. The maximum atomic E-state index is 13.5. The number of carbonyl (C=O) groups is 4. The van der Waals surface area contributed by atoms with Gasteiger partial charge in [0.05, 0.1) is 22.5 Å². The number of hydrogen-bond acceptors (Lipinski definition) is 9. The van der Waals surface area contributed by atoms with E-state index in [1.807, 2.05) is 6.92 Å². The first-order valence-corrected chi connectivity index (χ1v) is 15.2. The van der Waals surface area contributed by atoms with E-state index in [0.717, 1.165) is 23.5 Å². The molecule has 45 heavy (non-hydrogen) atoms. The number of amidine groups is 1. The van der Waals surface area contributed by atoms with E-state index in [0.29, 0.717) is 24.2 Å². The molecule has 16 heteroatoms. The van der Waals surface area contributed by atoms with Gasteiger partial charge in [0.25, 0.3) is 11.8 Å². The third kappa shape index (κ3) is 9.01. The zero-order valence-corrected chi connectivity index (χ0v) is 25.9. The standard InChI is InChI=1S/C29H34N5O10P/c1-5-13-32-27(36)22-15-33-24(18(22)4)25(30)34(23-14-20(8-7-17(23)3)26(35)31-6-2)29(38)43-16-42-28(37)19-9-11-21(12-10-19)44-45(39,40)41/h7-12,14-15,30,33H,5-6,13,16H2,1-4H3,(H,31,35)(H,32,36)(H2,39,40,41). The van der Waals surface area contributed by atoms with Gasteiger partial charge in [-0.1, -0.05) is 13.0 Å². The monoisotopic (exact) mass is 643 g/mol. The van der Waals surface area contributed by atoms with Gasteiger partial charge < -0.3 is 29.6 Å². The number of anilines is 1. The molecule has 0 atom stereocenters. The summed E-state index contributed by atoms with van der Waals surface area (Å²) in [5.74, 6) is -2.28. The maximum Gasteiger partial charge on any atom is 0.524 e. The third-order valence-corrected chi connectivity index (χ3v) is 6.75. The molecule has 15 nitrogen and oxygen atoms in total. The van der Waals surface area contributed by atoms with E-state index in [-0.39, 0.29) is 39.7 Å². The molecule has 0 radical (unpaired) electrons. The van der Waals surface area contributed by atoms with Gasteiger partial charge in [0, 0.05) is 24.8 Å². The lowest BCUT2D eigenvalue weighted by Crippen LogP contribution is -2.39. The minimum atomic E-state index is -4.79. The summed E-state index contributed by atoms with van der Waals surface area (Å²) in [4.78, 5) is 72.7. The van der Waals surface area contributed by atoms with E-state index in [1.54, 1.807) is 32.9 Å². The number of aromatic nitrogens is 1. The van der Waals surface area contributed by atoms with Crippen molar-refractivity contribution in [3.05, 3.63) is 82.2 Å². The number of phosphoric ester groups is 1. The Labute approximate surface area is 258 Å². The van der Waals surface area contributed by atoms with Gasteiger partial charge in [-0.05, 0) is 74.7 Å². The quantitative estimate of drug-likeness (QED) is 0.0551. The lowest BCUT2D eigenvalue weighted by Gasteiger charge is -2.25. The lowest BCUT2D eigenvalue weighted by molar-refractivity contribution is 0.0000867. The molecule has 0 bridgehead atoms. The molecular formula is C29H34N5O10P. The Bertz CT molecular complexity index is 1630. The third-order valence-electron chi connectivity index (χ3n) is 6.30. The Morgan fingerprint density at radius 1 is 0.956 bits per heavy atom. The molecule has 0 saturated carbocycles. The van der Waals surface area contributed by atoms with Gasteiger partial charge in [0.2, 0.25) is 6.79 Å². The van der Waals surface area contributed by atoms with Crippen molar-refractivity contribution < 1.29 is 47.5 Å². The van der Waals surface area contributed by atoms with E-state index >= 15 is 0 Å². The number of benzene rings is 2. The SMILES string of the molecule is CCCNC(=O)c1c[nH]c(C(=N)N(C(=O)OCOC(=O)c2ccc(OP(=O)(O)O)cc2)c2cc(C(=O)NCC)ccc2C)c1C. The Morgan fingerprint density at radius 3 is 2.24 bits per heavy atom. The highest BCUT2D eigenvalue weighted by Crippen LogP contribution is 2.37. The summed E-state index contributed by atoms with van der Waals surface area (Å²) < 4.78 is 25.7. The highest BCUT2D eigenvalue weighted by Gasteiger charge is 2.29. The summed E-state index contributed by atoms with van der Waals surface area (Å²) in [6, 6.07) is 9.24. The molecule has 1 heterocycles.